The summed E-state index contributed by atoms with van der Waals surface area (Å²) in [5.41, 5.74) is 6.17. The molecule has 0 saturated heterocycles. The minimum Gasteiger partial charge on any atom is -0.397 e. The molecular formula is C14H16FN3O2S. The Morgan fingerprint density at radius 3 is 2.76 bits per heavy atom. The summed E-state index contributed by atoms with van der Waals surface area (Å²) in [5.74, 6) is -0.808. The third-order valence-electron chi connectivity index (χ3n) is 3.02. The van der Waals surface area contributed by atoms with Gasteiger partial charge < -0.3 is 16.0 Å². The van der Waals surface area contributed by atoms with Gasteiger partial charge in [-0.15, -0.1) is 11.3 Å². The van der Waals surface area contributed by atoms with Crippen molar-refractivity contribution in [1.82, 2.24) is 10.2 Å². The van der Waals surface area contributed by atoms with Crippen molar-refractivity contribution in [2.75, 3.05) is 26.4 Å². The number of nitrogens with one attached hydrogen (secondary N) is 1. The topological polar surface area (TPSA) is 75.4 Å². The molecule has 2 amide bonds. The molecule has 2 aromatic rings. The normalized spacial score (nSPS) is 10.6. The molecule has 5 nitrogen and oxygen atoms in total. The van der Waals surface area contributed by atoms with Gasteiger partial charge in [0.15, 0.2) is 0 Å². The summed E-state index contributed by atoms with van der Waals surface area (Å²) in [6, 6.07) is 4.24. The lowest BCUT2D eigenvalue weighted by atomic mass is 10.2. The zero-order chi connectivity index (χ0) is 15.6. The fourth-order valence-corrected chi connectivity index (χ4v) is 2.86. The first-order valence-corrected chi connectivity index (χ1v) is 7.17. The Morgan fingerprint density at radius 2 is 2.10 bits per heavy atom. The highest BCUT2D eigenvalue weighted by Crippen LogP contribution is 2.33. The van der Waals surface area contributed by atoms with Gasteiger partial charge in [-0.1, -0.05) is 0 Å². The smallest absolute Gasteiger partial charge is 0.263 e. The van der Waals surface area contributed by atoms with Crippen LogP contribution in [0.15, 0.2) is 18.2 Å². The maximum Gasteiger partial charge on any atom is 0.263 e. The molecule has 0 bridgehead atoms. The van der Waals surface area contributed by atoms with E-state index < -0.39 is 5.82 Å². The lowest BCUT2D eigenvalue weighted by Crippen LogP contribution is -2.30. The molecule has 0 radical (unpaired) electrons. The number of thiophene rings is 1. The Balaban J connectivity index is 2.09. The number of hydrogen-bond acceptors (Lipinski definition) is 4. The molecule has 1 aromatic carbocycles. The largest absolute Gasteiger partial charge is 0.397 e. The van der Waals surface area contributed by atoms with Crippen LogP contribution in [0, 0.1) is 5.82 Å². The fraction of sp³-hybridized carbons (Fsp3) is 0.286. The van der Waals surface area contributed by atoms with Crippen LogP contribution in [-0.2, 0) is 4.79 Å². The molecule has 0 aliphatic carbocycles. The quantitative estimate of drug-likeness (QED) is 0.905. The van der Waals surface area contributed by atoms with Crippen LogP contribution in [0.5, 0.6) is 0 Å². The Morgan fingerprint density at radius 1 is 1.38 bits per heavy atom. The number of carbonyl (C=O) groups is 2. The molecule has 7 heteroatoms. The lowest BCUT2D eigenvalue weighted by Gasteiger charge is -2.10. The number of nitrogens with zero attached hydrogens (tertiary/aromatic N) is 1. The first kappa shape index (κ1) is 15.2. The van der Waals surface area contributed by atoms with Gasteiger partial charge in [0.25, 0.3) is 5.91 Å². The van der Waals surface area contributed by atoms with Gasteiger partial charge in [0.1, 0.15) is 10.7 Å². The summed E-state index contributed by atoms with van der Waals surface area (Å²) in [7, 11) is 3.31. The Labute approximate surface area is 125 Å². The summed E-state index contributed by atoms with van der Waals surface area (Å²) in [6.07, 6.45) is 0.220. The second kappa shape index (κ2) is 6.09. The standard InChI is InChI=1S/C14H16FN3O2S/c1-18(2)11(19)5-6-17-14(20)13-12(16)9-7-8(15)3-4-10(9)21-13/h3-4,7H,5-6,16H2,1-2H3,(H,17,20). The molecule has 2 rings (SSSR count). The monoisotopic (exact) mass is 309 g/mol. The second-order valence-electron chi connectivity index (χ2n) is 4.78. The van der Waals surface area contributed by atoms with Gasteiger partial charge in [-0.2, -0.15) is 0 Å². The predicted molar refractivity (Wildman–Crippen MR) is 81.8 cm³/mol. The first-order valence-electron chi connectivity index (χ1n) is 6.36. The number of carbonyl (C=O) groups excluding carboxylic acids is 2. The number of benzene rings is 1. The molecular weight excluding hydrogens is 293 g/mol. The highest BCUT2D eigenvalue weighted by molar-refractivity contribution is 7.21. The van der Waals surface area contributed by atoms with Crippen molar-refractivity contribution in [3.05, 3.63) is 28.9 Å². The fourth-order valence-electron chi connectivity index (χ4n) is 1.84. The molecule has 1 heterocycles. The summed E-state index contributed by atoms with van der Waals surface area (Å²) in [6.45, 7) is 0.234. The van der Waals surface area contributed by atoms with E-state index in [1.54, 1.807) is 20.2 Å². The van der Waals surface area contributed by atoms with Crippen molar-refractivity contribution in [2.24, 2.45) is 0 Å². The second-order valence-corrected chi connectivity index (χ2v) is 5.83. The van der Waals surface area contributed by atoms with Crippen LogP contribution in [0.4, 0.5) is 10.1 Å². The molecule has 0 aliphatic heterocycles. The van der Waals surface area contributed by atoms with Crippen LogP contribution in [0.25, 0.3) is 10.1 Å². The van der Waals surface area contributed by atoms with Crippen LogP contribution >= 0.6 is 11.3 Å². The Kier molecular flexibility index (Phi) is 4.42. The van der Waals surface area contributed by atoms with E-state index in [-0.39, 0.29) is 30.5 Å². The van der Waals surface area contributed by atoms with E-state index in [2.05, 4.69) is 5.32 Å². The van der Waals surface area contributed by atoms with E-state index in [1.807, 2.05) is 0 Å². The SMILES string of the molecule is CN(C)C(=O)CCNC(=O)c1sc2ccc(F)cc2c1N. The van der Waals surface area contributed by atoms with Gasteiger partial charge >= 0.3 is 0 Å². The zero-order valence-corrected chi connectivity index (χ0v) is 12.6. The summed E-state index contributed by atoms with van der Waals surface area (Å²) in [5, 5.41) is 3.19. The highest BCUT2D eigenvalue weighted by Gasteiger charge is 2.17. The van der Waals surface area contributed by atoms with Crippen molar-refractivity contribution in [1.29, 1.82) is 0 Å². The summed E-state index contributed by atoms with van der Waals surface area (Å²) < 4.78 is 14.0. The lowest BCUT2D eigenvalue weighted by molar-refractivity contribution is -0.128. The van der Waals surface area contributed by atoms with Crippen LogP contribution in [0.1, 0.15) is 16.1 Å². The molecule has 0 unspecified atom stereocenters. The van der Waals surface area contributed by atoms with Crippen LogP contribution < -0.4 is 11.1 Å². The molecule has 112 valence electrons. The molecule has 3 N–H and O–H groups in total. The van der Waals surface area contributed by atoms with Crippen molar-refractivity contribution in [3.8, 4) is 0 Å². The van der Waals surface area contributed by atoms with Crippen molar-refractivity contribution < 1.29 is 14.0 Å². The van der Waals surface area contributed by atoms with Crippen LogP contribution in [0.3, 0.4) is 0 Å². The van der Waals surface area contributed by atoms with Crippen molar-refractivity contribution >= 4 is 38.9 Å². The third kappa shape index (κ3) is 3.30. The minimum absolute atomic E-state index is 0.0679. The molecule has 0 spiro atoms. The predicted octanol–water partition coefficient (Wildman–Crippen LogP) is 1.83. The van der Waals surface area contributed by atoms with Crippen LogP contribution in [-0.4, -0.2) is 37.4 Å². The first-order chi connectivity index (χ1) is 9.90. The molecule has 0 fully saturated rings. The summed E-state index contributed by atoms with van der Waals surface area (Å²) >= 11 is 1.21. The molecule has 0 atom stereocenters. The minimum atomic E-state index is -0.393. The van der Waals surface area contributed by atoms with E-state index in [0.717, 1.165) is 4.70 Å². The zero-order valence-electron chi connectivity index (χ0n) is 11.8. The molecule has 1 aromatic heterocycles. The number of halogens is 1. The maximum atomic E-state index is 13.2. The average Bonchev–Trinajstić information content (AvgIpc) is 2.75. The summed E-state index contributed by atoms with van der Waals surface area (Å²) in [4.78, 5) is 25.3. The number of rotatable bonds is 4. The molecule has 0 aliphatic rings. The van der Waals surface area contributed by atoms with E-state index in [4.69, 9.17) is 5.73 Å². The number of anilines is 1. The average molecular weight is 309 g/mol. The Bertz CT molecular complexity index is 697. The van der Waals surface area contributed by atoms with E-state index >= 15 is 0 Å². The van der Waals surface area contributed by atoms with Gasteiger partial charge in [-0.3, -0.25) is 9.59 Å². The van der Waals surface area contributed by atoms with E-state index in [1.165, 1.54) is 28.4 Å². The number of hydrogen-bond donors (Lipinski definition) is 2. The van der Waals surface area contributed by atoms with Gasteiger partial charge in [-0.05, 0) is 18.2 Å². The molecule has 21 heavy (non-hydrogen) atoms. The van der Waals surface area contributed by atoms with Crippen molar-refractivity contribution in [2.45, 2.75) is 6.42 Å². The number of nitrogen functional groups attached to an aromatic ring is 1. The van der Waals surface area contributed by atoms with Gasteiger partial charge in [0.05, 0.1) is 5.69 Å². The Hall–Kier alpha value is -2.15. The number of amides is 2. The van der Waals surface area contributed by atoms with Gasteiger partial charge in [0.2, 0.25) is 5.91 Å². The number of nitrogens with two attached hydrogens (primary N) is 1. The third-order valence-corrected chi connectivity index (χ3v) is 4.20. The number of fused-ring (bicyclic) bond motifs is 1. The highest BCUT2D eigenvalue weighted by atomic mass is 32.1. The van der Waals surface area contributed by atoms with E-state index in [0.29, 0.717) is 10.3 Å². The van der Waals surface area contributed by atoms with Gasteiger partial charge in [-0.25, -0.2) is 4.39 Å². The van der Waals surface area contributed by atoms with Crippen molar-refractivity contribution in [3.63, 3.8) is 0 Å². The maximum absolute atomic E-state index is 13.2. The van der Waals surface area contributed by atoms with Gasteiger partial charge in [0, 0.05) is 37.1 Å². The van der Waals surface area contributed by atoms with Crippen LogP contribution in [0.2, 0.25) is 0 Å². The van der Waals surface area contributed by atoms with E-state index in [9.17, 15) is 14.0 Å². The molecule has 0 saturated carbocycles.